The number of nitrogens with zero attached hydrogens (tertiary/aromatic N) is 1. The molecule has 3 nitrogen and oxygen atoms in total. The highest BCUT2D eigenvalue weighted by Crippen LogP contribution is 2.13. The van der Waals surface area contributed by atoms with Gasteiger partial charge in [0, 0.05) is 5.71 Å². The maximum Gasteiger partial charge on any atom is 0.281 e. The van der Waals surface area contributed by atoms with Crippen LogP contribution in [0.2, 0.25) is 0 Å². The summed E-state index contributed by atoms with van der Waals surface area (Å²) in [5, 5.41) is 0. The Morgan fingerprint density at radius 1 is 1.71 bits per heavy atom. The van der Waals surface area contributed by atoms with Gasteiger partial charge in [-0.2, -0.15) is 4.40 Å². The minimum absolute atomic E-state index is 0.862. The van der Waals surface area contributed by atoms with E-state index < -0.39 is 11.3 Å². The Kier molecular flexibility index (Phi) is 1.21. The molecule has 0 aromatic carbocycles. The van der Waals surface area contributed by atoms with Crippen LogP contribution < -0.4 is 0 Å². The smallest absolute Gasteiger partial charge is 0.281 e. The fourth-order valence-corrected chi connectivity index (χ4v) is 0.661. The van der Waals surface area contributed by atoms with Gasteiger partial charge in [0.2, 0.25) is 0 Å². The molecule has 0 aliphatic heterocycles. The molecule has 4 heteroatoms. The van der Waals surface area contributed by atoms with Crippen LogP contribution in [0.4, 0.5) is 0 Å². The summed E-state index contributed by atoms with van der Waals surface area (Å²) in [6.07, 6.45) is 1.82. The molecule has 0 aromatic rings. The molecule has 0 aromatic heterocycles. The van der Waals surface area contributed by atoms with E-state index in [1.165, 1.54) is 0 Å². The van der Waals surface area contributed by atoms with Crippen molar-refractivity contribution in [2.75, 3.05) is 0 Å². The molecule has 0 amide bonds. The molecule has 1 aliphatic carbocycles. The molecule has 0 heterocycles. The fourth-order valence-electron chi connectivity index (χ4n) is 0.258. The van der Waals surface area contributed by atoms with Gasteiger partial charge in [0.15, 0.2) is 0 Å². The lowest BCUT2D eigenvalue weighted by Crippen LogP contribution is -1.77. The van der Waals surface area contributed by atoms with Gasteiger partial charge in [-0.1, -0.05) is 0 Å². The summed E-state index contributed by atoms with van der Waals surface area (Å²) < 4.78 is 21.2. The molecule has 1 unspecified atom stereocenters. The third kappa shape index (κ3) is 1.80. The standard InChI is InChI=1S/C3H5NO2S/c5-7(6)4-3-1-2-3/h1-2H2,(H,5,6). The predicted octanol–water partition coefficient (Wildman–Crippen LogP) is 0.358. The molecule has 0 radical (unpaired) electrons. The van der Waals surface area contributed by atoms with Gasteiger partial charge in [0.05, 0.1) is 0 Å². The van der Waals surface area contributed by atoms with Crippen LogP contribution in [0.15, 0.2) is 4.40 Å². The number of hydrogen-bond donors (Lipinski definition) is 1. The Morgan fingerprint density at radius 2 is 2.29 bits per heavy atom. The van der Waals surface area contributed by atoms with Crippen molar-refractivity contribution < 1.29 is 8.76 Å². The lowest BCUT2D eigenvalue weighted by atomic mass is 10.9. The highest BCUT2D eigenvalue weighted by atomic mass is 32.2. The van der Waals surface area contributed by atoms with Gasteiger partial charge in [-0.3, -0.25) is 4.55 Å². The molecule has 1 aliphatic rings. The third-order valence-electron chi connectivity index (χ3n) is 0.681. The average Bonchev–Trinajstić information content (AvgIpc) is 2.17. The maximum atomic E-state index is 9.77. The molecule has 1 N–H and O–H groups in total. The number of hydrogen-bond acceptors (Lipinski definition) is 1. The first-order chi connectivity index (χ1) is 3.29. The summed E-state index contributed by atoms with van der Waals surface area (Å²) in [5.41, 5.74) is 0.862. The van der Waals surface area contributed by atoms with E-state index in [1.54, 1.807) is 0 Å². The van der Waals surface area contributed by atoms with E-state index in [0.29, 0.717) is 0 Å². The SMILES string of the molecule is O=S(O)N=C1CC1. The van der Waals surface area contributed by atoms with E-state index in [9.17, 15) is 4.21 Å². The number of rotatable bonds is 1. The van der Waals surface area contributed by atoms with Crippen molar-refractivity contribution in [1.29, 1.82) is 0 Å². The summed E-state index contributed by atoms with van der Waals surface area (Å²) in [4.78, 5) is 0. The molecule has 0 bridgehead atoms. The first-order valence-electron chi connectivity index (χ1n) is 1.96. The second kappa shape index (κ2) is 1.71. The molecular formula is C3H5NO2S. The van der Waals surface area contributed by atoms with Crippen LogP contribution in [-0.2, 0) is 11.3 Å². The molecule has 1 saturated carbocycles. The lowest BCUT2D eigenvalue weighted by molar-refractivity contribution is 0.566. The van der Waals surface area contributed by atoms with Crippen LogP contribution in [0.5, 0.6) is 0 Å². The molecule has 1 atom stereocenters. The molecule has 40 valence electrons. The Balaban J connectivity index is 2.45. The first-order valence-corrected chi connectivity index (χ1v) is 3.03. The van der Waals surface area contributed by atoms with E-state index in [0.717, 1.165) is 18.6 Å². The third-order valence-corrected chi connectivity index (χ3v) is 1.10. The van der Waals surface area contributed by atoms with Crippen LogP contribution in [0, 0.1) is 0 Å². The van der Waals surface area contributed by atoms with Crippen LogP contribution in [0.25, 0.3) is 0 Å². The highest BCUT2D eigenvalue weighted by Gasteiger charge is 2.13. The van der Waals surface area contributed by atoms with Crippen LogP contribution in [0.3, 0.4) is 0 Å². The van der Waals surface area contributed by atoms with E-state index in [4.69, 9.17) is 4.55 Å². The maximum absolute atomic E-state index is 9.77. The second-order valence-electron chi connectivity index (χ2n) is 1.39. The Morgan fingerprint density at radius 3 is 2.43 bits per heavy atom. The van der Waals surface area contributed by atoms with Crippen molar-refractivity contribution in [3.05, 3.63) is 0 Å². The van der Waals surface area contributed by atoms with Crippen molar-refractivity contribution in [3.8, 4) is 0 Å². The molecule has 0 saturated heterocycles. The molecule has 7 heavy (non-hydrogen) atoms. The minimum atomic E-state index is -1.95. The van der Waals surface area contributed by atoms with E-state index >= 15 is 0 Å². The van der Waals surface area contributed by atoms with Gasteiger partial charge in [0.1, 0.15) is 0 Å². The monoisotopic (exact) mass is 119 g/mol. The van der Waals surface area contributed by atoms with Gasteiger partial charge in [-0.25, -0.2) is 4.21 Å². The first kappa shape index (κ1) is 4.93. The van der Waals surface area contributed by atoms with Crippen LogP contribution in [-0.4, -0.2) is 14.5 Å². The van der Waals surface area contributed by atoms with E-state index in [2.05, 4.69) is 4.40 Å². The minimum Gasteiger partial charge on any atom is -0.288 e. The van der Waals surface area contributed by atoms with Crippen LogP contribution >= 0.6 is 0 Å². The molecule has 1 rings (SSSR count). The van der Waals surface area contributed by atoms with Crippen molar-refractivity contribution >= 4 is 17.0 Å². The lowest BCUT2D eigenvalue weighted by Gasteiger charge is -1.71. The van der Waals surface area contributed by atoms with Crippen molar-refractivity contribution in [2.45, 2.75) is 12.8 Å². The Hall–Kier alpha value is -0.220. The summed E-state index contributed by atoms with van der Waals surface area (Å²) in [5.74, 6) is 0. The van der Waals surface area contributed by atoms with Crippen molar-refractivity contribution in [3.63, 3.8) is 0 Å². The van der Waals surface area contributed by atoms with Gasteiger partial charge in [-0.15, -0.1) is 0 Å². The van der Waals surface area contributed by atoms with E-state index in [1.807, 2.05) is 0 Å². The Bertz CT molecular complexity index is 125. The quantitative estimate of drug-likeness (QED) is 0.506. The normalized spacial score (nSPS) is 21.6. The van der Waals surface area contributed by atoms with Gasteiger partial charge >= 0.3 is 0 Å². The van der Waals surface area contributed by atoms with Gasteiger partial charge in [0.25, 0.3) is 11.3 Å². The highest BCUT2D eigenvalue weighted by molar-refractivity contribution is 7.78. The van der Waals surface area contributed by atoms with Crippen LogP contribution in [0.1, 0.15) is 12.8 Å². The van der Waals surface area contributed by atoms with E-state index in [-0.39, 0.29) is 0 Å². The largest absolute Gasteiger partial charge is 0.288 e. The summed E-state index contributed by atoms with van der Waals surface area (Å²) in [6, 6.07) is 0. The zero-order valence-electron chi connectivity index (χ0n) is 3.63. The summed E-state index contributed by atoms with van der Waals surface area (Å²) >= 11 is -1.95. The topological polar surface area (TPSA) is 49.7 Å². The predicted molar refractivity (Wildman–Crippen MR) is 27.4 cm³/mol. The van der Waals surface area contributed by atoms with Gasteiger partial charge < -0.3 is 0 Å². The fraction of sp³-hybridized carbons (Fsp3) is 0.667. The Labute approximate surface area is 43.9 Å². The molecule has 0 spiro atoms. The zero-order chi connectivity index (χ0) is 5.28. The average molecular weight is 119 g/mol. The summed E-state index contributed by atoms with van der Waals surface area (Å²) in [7, 11) is 0. The van der Waals surface area contributed by atoms with Crippen molar-refractivity contribution in [2.24, 2.45) is 4.40 Å². The second-order valence-corrected chi connectivity index (χ2v) is 2.03. The zero-order valence-corrected chi connectivity index (χ0v) is 4.44. The van der Waals surface area contributed by atoms with Gasteiger partial charge in [-0.05, 0) is 12.8 Å². The summed E-state index contributed by atoms with van der Waals surface area (Å²) in [6.45, 7) is 0. The van der Waals surface area contributed by atoms with Crippen molar-refractivity contribution in [1.82, 2.24) is 0 Å². The molecule has 1 fully saturated rings. The molecular weight excluding hydrogens is 114 g/mol.